The minimum atomic E-state index is -0.799. The number of para-hydroxylation sites is 1. The molecule has 0 unspecified atom stereocenters. The molecule has 0 fully saturated rings. The van der Waals surface area contributed by atoms with Crippen molar-refractivity contribution in [3.8, 4) is 0 Å². The average molecular weight is 217 g/mol. The first-order chi connectivity index (χ1) is 7.72. The Bertz CT molecular complexity index is 382. The summed E-state index contributed by atoms with van der Waals surface area (Å²) in [5, 5.41) is 11.7. The predicted octanol–water partition coefficient (Wildman–Crippen LogP) is 3.03. The summed E-state index contributed by atoms with van der Waals surface area (Å²) in [7, 11) is 0. The Morgan fingerprint density at radius 3 is 2.56 bits per heavy atom. The molecular weight excluding hydrogens is 202 g/mol. The van der Waals surface area contributed by atoms with E-state index in [4.69, 9.17) is 5.11 Å². The number of benzene rings is 1. The van der Waals surface area contributed by atoms with Crippen molar-refractivity contribution in [1.29, 1.82) is 0 Å². The van der Waals surface area contributed by atoms with Gasteiger partial charge in [-0.3, -0.25) is 4.79 Å². The zero-order valence-electron chi connectivity index (χ0n) is 9.02. The van der Waals surface area contributed by atoms with Crippen molar-refractivity contribution in [2.24, 2.45) is 0 Å². The van der Waals surface area contributed by atoms with Gasteiger partial charge >= 0.3 is 5.97 Å². The largest absolute Gasteiger partial charge is 0.481 e. The van der Waals surface area contributed by atoms with Gasteiger partial charge in [0.2, 0.25) is 0 Å². The first-order valence-corrected chi connectivity index (χ1v) is 5.07. The van der Waals surface area contributed by atoms with Gasteiger partial charge in [-0.2, -0.15) is 0 Å². The van der Waals surface area contributed by atoms with Gasteiger partial charge in [-0.25, -0.2) is 0 Å². The van der Waals surface area contributed by atoms with Crippen LogP contribution in [0.4, 0.5) is 5.69 Å². The Kier molecular flexibility index (Phi) is 4.86. The van der Waals surface area contributed by atoms with Gasteiger partial charge < -0.3 is 10.4 Å². The van der Waals surface area contributed by atoms with E-state index in [0.717, 1.165) is 11.3 Å². The molecule has 0 saturated heterocycles. The van der Waals surface area contributed by atoms with E-state index in [9.17, 15) is 4.79 Å². The number of carbonyl (C=O) groups is 1. The third-order valence-corrected chi connectivity index (χ3v) is 2.09. The Morgan fingerprint density at radius 1 is 1.31 bits per heavy atom. The van der Waals surface area contributed by atoms with Crippen molar-refractivity contribution in [3.05, 3.63) is 54.8 Å². The molecule has 0 heterocycles. The SMILES string of the molecule is C=C/C(=C/Nc1ccccc1)CCC(=O)O. The standard InChI is InChI=1S/C13H15NO2/c1-2-11(8-9-13(15)16)10-14-12-6-4-3-5-7-12/h2-7,10,14H,1,8-9H2,(H,15,16)/b11-10-. The fourth-order valence-electron chi connectivity index (χ4n) is 1.19. The van der Waals surface area contributed by atoms with Crippen LogP contribution in [0.3, 0.4) is 0 Å². The molecular formula is C13H15NO2. The molecule has 3 nitrogen and oxygen atoms in total. The van der Waals surface area contributed by atoms with Crippen molar-refractivity contribution < 1.29 is 9.90 Å². The number of carboxylic acids is 1. The van der Waals surface area contributed by atoms with Crippen molar-refractivity contribution in [2.45, 2.75) is 12.8 Å². The van der Waals surface area contributed by atoms with Crippen molar-refractivity contribution in [3.63, 3.8) is 0 Å². The maximum absolute atomic E-state index is 10.4. The summed E-state index contributed by atoms with van der Waals surface area (Å²) in [6.07, 6.45) is 4.05. The smallest absolute Gasteiger partial charge is 0.303 e. The van der Waals surface area contributed by atoms with E-state index in [2.05, 4.69) is 11.9 Å². The van der Waals surface area contributed by atoms with Gasteiger partial charge in [-0.15, -0.1) is 0 Å². The Hall–Kier alpha value is -2.03. The number of allylic oxidation sites excluding steroid dienone is 2. The van der Waals surface area contributed by atoms with Gasteiger partial charge in [0.1, 0.15) is 0 Å². The molecule has 0 aliphatic carbocycles. The molecule has 0 aliphatic heterocycles. The number of aliphatic carboxylic acids is 1. The molecule has 0 atom stereocenters. The minimum Gasteiger partial charge on any atom is -0.481 e. The van der Waals surface area contributed by atoms with Crippen LogP contribution in [0.2, 0.25) is 0 Å². The van der Waals surface area contributed by atoms with Gasteiger partial charge in [-0.1, -0.05) is 30.9 Å². The predicted molar refractivity (Wildman–Crippen MR) is 65.2 cm³/mol. The summed E-state index contributed by atoms with van der Waals surface area (Å²) in [5.41, 5.74) is 1.85. The van der Waals surface area contributed by atoms with Gasteiger partial charge in [0.25, 0.3) is 0 Å². The summed E-state index contributed by atoms with van der Waals surface area (Å²) in [6.45, 7) is 3.65. The maximum Gasteiger partial charge on any atom is 0.303 e. The number of rotatable bonds is 6. The van der Waals surface area contributed by atoms with E-state index < -0.39 is 5.97 Å². The van der Waals surface area contributed by atoms with Crippen molar-refractivity contribution in [1.82, 2.24) is 0 Å². The fraction of sp³-hybridized carbons (Fsp3) is 0.154. The third kappa shape index (κ3) is 4.46. The molecule has 0 saturated carbocycles. The second-order valence-corrected chi connectivity index (χ2v) is 3.33. The molecule has 0 amide bonds. The normalized spacial score (nSPS) is 10.9. The summed E-state index contributed by atoms with van der Waals surface area (Å²) in [4.78, 5) is 10.4. The van der Waals surface area contributed by atoms with Crippen molar-refractivity contribution in [2.75, 3.05) is 5.32 Å². The Morgan fingerprint density at radius 2 is 2.00 bits per heavy atom. The second kappa shape index (κ2) is 6.45. The first kappa shape index (κ1) is 12.0. The lowest BCUT2D eigenvalue weighted by molar-refractivity contribution is -0.136. The number of hydrogen-bond acceptors (Lipinski definition) is 2. The van der Waals surface area contributed by atoms with E-state index >= 15 is 0 Å². The fourth-order valence-corrected chi connectivity index (χ4v) is 1.19. The highest BCUT2D eigenvalue weighted by atomic mass is 16.4. The van der Waals surface area contributed by atoms with Crippen LogP contribution >= 0.6 is 0 Å². The average Bonchev–Trinajstić information content (AvgIpc) is 2.30. The third-order valence-electron chi connectivity index (χ3n) is 2.09. The molecule has 3 heteroatoms. The quantitative estimate of drug-likeness (QED) is 0.720. The van der Waals surface area contributed by atoms with Gasteiger partial charge in [0, 0.05) is 18.3 Å². The highest BCUT2D eigenvalue weighted by Crippen LogP contribution is 2.09. The molecule has 16 heavy (non-hydrogen) atoms. The highest BCUT2D eigenvalue weighted by Gasteiger charge is 1.98. The molecule has 0 bridgehead atoms. The number of hydrogen-bond donors (Lipinski definition) is 2. The zero-order valence-corrected chi connectivity index (χ0v) is 9.02. The maximum atomic E-state index is 10.4. The Balaban J connectivity index is 2.53. The van der Waals surface area contributed by atoms with Crippen LogP contribution in [0.5, 0.6) is 0 Å². The van der Waals surface area contributed by atoms with Gasteiger partial charge in [0.05, 0.1) is 0 Å². The molecule has 2 N–H and O–H groups in total. The number of carboxylic acid groups (broad SMARTS) is 1. The van der Waals surface area contributed by atoms with E-state index in [-0.39, 0.29) is 6.42 Å². The molecule has 0 radical (unpaired) electrons. The zero-order chi connectivity index (χ0) is 11.8. The Labute approximate surface area is 95.1 Å². The van der Waals surface area contributed by atoms with E-state index in [1.807, 2.05) is 30.3 Å². The molecule has 0 aliphatic rings. The van der Waals surface area contributed by atoms with Crippen LogP contribution in [0, 0.1) is 0 Å². The van der Waals surface area contributed by atoms with Crippen LogP contribution in [-0.2, 0) is 4.79 Å². The summed E-state index contributed by atoms with van der Waals surface area (Å²) < 4.78 is 0. The van der Waals surface area contributed by atoms with E-state index in [1.165, 1.54) is 0 Å². The van der Waals surface area contributed by atoms with Crippen LogP contribution in [0.1, 0.15) is 12.8 Å². The lowest BCUT2D eigenvalue weighted by Gasteiger charge is -2.03. The highest BCUT2D eigenvalue weighted by molar-refractivity contribution is 5.67. The molecule has 0 spiro atoms. The van der Waals surface area contributed by atoms with E-state index in [1.54, 1.807) is 12.3 Å². The van der Waals surface area contributed by atoms with Crippen molar-refractivity contribution >= 4 is 11.7 Å². The topological polar surface area (TPSA) is 49.3 Å². The molecule has 1 rings (SSSR count). The monoisotopic (exact) mass is 217 g/mol. The summed E-state index contributed by atoms with van der Waals surface area (Å²) >= 11 is 0. The number of anilines is 1. The summed E-state index contributed by atoms with van der Waals surface area (Å²) in [5.74, 6) is -0.799. The lowest BCUT2D eigenvalue weighted by Crippen LogP contribution is -1.96. The van der Waals surface area contributed by atoms with Crippen LogP contribution < -0.4 is 5.32 Å². The summed E-state index contributed by atoms with van der Waals surface area (Å²) in [6, 6.07) is 9.68. The van der Waals surface area contributed by atoms with Gasteiger partial charge in [0.15, 0.2) is 0 Å². The minimum absolute atomic E-state index is 0.119. The van der Waals surface area contributed by atoms with Gasteiger partial charge in [-0.05, 0) is 24.1 Å². The molecule has 0 aromatic heterocycles. The number of nitrogens with one attached hydrogen (secondary N) is 1. The molecule has 84 valence electrons. The van der Waals surface area contributed by atoms with Crippen LogP contribution in [0.25, 0.3) is 0 Å². The van der Waals surface area contributed by atoms with Crippen LogP contribution in [0.15, 0.2) is 54.8 Å². The first-order valence-electron chi connectivity index (χ1n) is 5.07. The van der Waals surface area contributed by atoms with E-state index in [0.29, 0.717) is 6.42 Å². The second-order valence-electron chi connectivity index (χ2n) is 3.33. The molecule has 1 aromatic rings. The molecule has 1 aromatic carbocycles. The van der Waals surface area contributed by atoms with Crippen LogP contribution in [-0.4, -0.2) is 11.1 Å². The lowest BCUT2D eigenvalue weighted by atomic mass is 10.1.